The number of aliphatic hydroxyl groups excluding tert-OH is 2. The molecule has 1 amide bonds. The Hall–Kier alpha value is -2.11. The Kier molecular flexibility index (Phi) is 11.3. The van der Waals surface area contributed by atoms with E-state index in [1.54, 1.807) is 6.08 Å². The number of nitrogens with one attached hydrogen (secondary N) is 3. The fourth-order valence-electron chi connectivity index (χ4n) is 2.14. The topological polar surface area (TPSA) is 158 Å². The van der Waals surface area contributed by atoms with E-state index in [2.05, 4.69) is 30.9 Å². The minimum absolute atomic E-state index is 0.0295. The number of aromatic nitrogens is 2. The Morgan fingerprint density at radius 1 is 1.45 bits per heavy atom. The Morgan fingerprint density at radius 3 is 2.76 bits per heavy atom. The van der Waals surface area contributed by atoms with Crippen molar-refractivity contribution in [3.8, 4) is 0 Å². The number of halogens is 1. The fourth-order valence-corrected chi connectivity index (χ4v) is 2.27. The molecule has 1 rings (SSSR count). The lowest BCUT2D eigenvalue weighted by molar-refractivity contribution is 0.100. The first-order chi connectivity index (χ1) is 13.8. The largest absolute Gasteiger partial charge is 0.395 e. The van der Waals surface area contributed by atoms with Crippen LogP contribution in [-0.2, 0) is 0 Å². The number of rotatable bonds is 12. The molecular weight excluding hydrogens is 398 g/mol. The maximum absolute atomic E-state index is 11.6. The molecular formula is C18H30ClN7O3. The van der Waals surface area contributed by atoms with Crippen LogP contribution in [0.5, 0.6) is 0 Å². The molecule has 0 spiro atoms. The lowest BCUT2D eigenvalue weighted by atomic mass is 10.1. The number of hydrogen-bond donors (Lipinski definition) is 6. The van der Waals surface area contributed by atoms with Crippen LogP contribution in [0.1, 0.15) is 37.6 Å². The highest BCUT2D eigenvalue weighted by Crippen LogP contribution is 2.14. The van der Waals surface area contributed by atoms with Gasteiger partial charge in [-0.1, -0.05) is 33.3 Å². The van der Waals surface area contributed by atoms with Gasteiger partial charge in [0.25, 0.3) is 5.91 Å². The molecule has 2 unspecified atom stereocenters. The molecule has 0 radical (unpaired) electrons. The van der Waals surface area contributed by atoms with Crippen molar-refractivity contribution in [2.24, 2.45) is 16.6 Å². The zero-order valence-corrected chi connectivity index (χ0v) is 17.6. The third kappa shape index (κ3) is 9.29. The summed E-state index contributed by atoms with van der Waals surface area (Å²) in [6.45, 7) is 7.01. The summed E-state index contributed by atoms with van der Waals surface area (Å²) < 4.78 is 0. The zero-order chi connectivity index (χ0) is 21.8. The number of amidine groups is 1. The molecule has 10 nitrogen and oxygen atoms in total. The quantitative estimate of drug-likeness (QED) is 0.122. The molecule has 29 heavy (non-hydrogen) atoms. The first kappa shape index (κ1) is 24.9. The van der Waals surface area contributed by atoms with E-state index in [1.807, 2.05) is 26.8 Å². The van der Waals surface area contributed by atoms with Gasteiger partial charge in [0, 0.05) is 18.8 Å². The van der Waals surface area contributed by atoms with Crippen molar-refractivity contribution in [2.75, 3.05) is 25.0 Å². The number of amides is 1. The van der Waals surface area contributed by atoms with Crippen LogP contribution in [0.4, 0.5) is 5.82 Å². The van der Waals surface area contributed by atoms with E-state index in [-0.39, 0.29) is 35.0 Å². The summed E-state index contributed by atoms with van der Waals surface area (Å²) in [5.74, 6) is -0.180. The molecule has 0 bridgehead atoms. The number of nitrogens with zero attached hydrogens (tertiary/aromatic N) is 3. The standard InChI is InChI=1S/C18H30ClN7O3/c1-4-11(3)6-7-14(25-18(29)23-12(10-27)8-21-5-2)24-16-13(15(20)28)9-22-17(19)26-16/h6-7,9,11-12,18,21,23,27,29H,4-5,8,10H2,1-3H3,(H2,20,28)(H,22,24,25,26)/b7-6-/t11?,12-,18?/m0/s1. The first-order valence-corrected chi connectivity index (χ1v) is 9.79. The van der Waals surface area contributed by atoms with Crippen LogP contribution in [0.25, 0.3) is 0 Å². The number of allylic oxidation sites excluding steroid dienone is 1. The van der Waals surface area contributed by atoms with Gasteiger partial charge in [-0.15, -0.1) is 0 Å². The lowest BCUT2D eigenvalue weighted by Crippen LogP contribution is -2.46. The van der Waals surface area contributed by atoms with Crippen molar-refractivity contribution in [1.82, 2.24) is 20.6 Å². The van der Waals surface area contributed by atoms with E-state index in [0.717, 1.165) is 13.0 Å². The Labute approximate surface area is 175 Å². The van der Waals surface area contributed by atoms with Gasteiger partial charge in [-0.3, -0.25) is 10.1 Å². The summed E-state index contributed by atoms with van der Waals surface area (Å²) in [6.07, 6.45) is 4.37. The van der Waals surface area contributed by atoms with Crippen molar-refractivity contribution in [3.63, 3.8) is 0 Å². The van der Waals surface area contributed by atoms with Crippen LogP contribution in [0, 0.1) is 5.92 Å². The van der Waals surface area contributed by atoms with E-state index in [1.165, 1.54) is 6.20 Å². The number of likely N-dealkylation sites (N-methyl/N-ethyl adjacent to an activating group) is 1. The second-order valence-corrected chi connectivity index (χ2v) is 6.72. The molecule has 162 valence electrons. The van der Waals surface area contributed by atoms with Gasteiger partial charge in [0.2, 0.25) is 11.6 Å². The van der Waals surface area contributed by atoms with Crippen molar-refractivity contribution >= 4 is 29.2 Å². The third-order valence-corrected chi connectivity index (χ3v) is 4.19. The average Bonchev–Trinajstić information content (AvgIpc) is 2.68. The number of aliphatic hydroxyl groups is 2. The number of primary amides is 1. The predicted molar refractivity (Wildman–Crippen MR) is 114 cm³/mol. The molecule has 3 atom stereocenters. The Balaban J connectivity index is 3.11. The van der Waals surface area contributed by atoms with Gasteiger partial charge in [-0.05, 0) is 30.1 Å². The molecule has 7 N–H and O–H groups in total. The maximum Gasteiger partial charge on any atom is 0.254 e. The normalized spacial score (nSPS) is 15.3. The van der Waals surface area contributed by atoms with E-state index >= 15 is 0 Å². The van der Waals surface area contributed by atoms with Gasteiger partial charge in [0.05, 0.1) is 6.61 Å². The van der Waals surface area contributed by atoms with Crippen LogP contribution >= 0.6 is 11.6 Å². The Morgan fingerprint density at radius 2 is 2.17 bits per heavy atom. The van der Waals surface area contributed by atoms with Gasteiger partial charge in [-0.2, -0.15) is 4.98 Å². The zero-order valence-electron chi connectivity index (χ0n) is 16.9. The monoisotopic (exact) mass is 427 g/mol. The number of carbonyl (C=O) groups excluding carboxylic acids is 1. The van der Waals surface area contributed by atoms with Gasteiger partial charge in [0.1, 0.15) is 17.2 Å². The highest BCUT2D eigenvalue weighted by Gasteiger charge is 2.15. The molecule has 0 aliphatic carbocycles. The smallest absolute Gasteiger partial charge is 0.254 e. The number of carbonyl (C=O) groups is 1. The number of anilines is 1. The second-order valence-electron chi connectivity index (χ2n) is 6.38. The summed E-state index contributed by atoms with van der Waals surface area (Å²) in [4.78, 5) is 23.5. The van der Waals surface area contributed by atoms with Crippen LogP contribution < -0.4 is 21.7 Å². The van der Waals surface area contributed by atoms with Gasteiger partial charge >= 0.3 is 0 Å². The Bertz CT molecular complexity index is 715. The minimum atomic E-state index is -1.32. The number of aliphatic imine (C=N–C) groups is 1. The van der Waals surface area contributed by atoms with Crippen LogP contribution in [0.3, 0.4) is 0 Å². The molecule has 11 heteroatoms. The van der Waals surface area contributed by atoms with Crippen LogP contribution in [0.15, 0.2) is 23.3 Å². The summed E-state index contributed by atoms with van der Waals surface area (Å²) in [5.41, 5.74) is 5.39. The average molecular weight is 428 g/mol. The summed E-state index contributed by atoms with van der Waals surface area (Å²) in [5, 5.41) is 28.4. The fraction of sp³-hybridized carbons (Fsp3) is 0.556. The molecule has 1 aromatic rings. The molecule has 0 fully saturated rings. The predicted octanol–water partition coefficient (Wildman–Crippen LogP) is 0.478. The van der Waals surface area contributed by atoms with Crippen molar-refractivity contribution in [1.29, 1.82) is 0 Å². The first-order valence-electron chi connectivity index (χ1n) is 9.41. The SMILES string of the molecule is CCNC[C@@H](CO)NC(O)N=C(/C=C\C(C)CC)Nc1nc(Cl)ncc1C(N)=O. The third-order valence-electron chi connectivity index (χ3n) is 4.01. The van der Waals surface area contributed by atoms with E-state index < -0.39 is 18.3 Å². The molecule has 0 aromatic carbocycles. The molecule has 1 aromatic heterocycles. The van der Waals surface area contributed by atoms with Crippen LogP contribution in [0.2, 0.25) is 5.28 Å². The van der Waals surface area contributed by atoms with Gasteiger partial charge in [-0.25, -0.2) is 9.98 Å². The second kappa shape index (κ2) is 13.2. The van der Waals surface area contributed by atoms with Crippen molar-refractivity contribution in [3.05, 3.63) is 29.2 Å². The van der Waals surface area contributed by atoms with Crippen LogP contribution in [-0.4, -0.2) is 64.0 Å². The summed E-state index contributed by atoms with van der Waals surface area (Å²) in [6, 6.07) is -0.400. The van der Waals surface area contributed by atoms with E-state index in [0.29, 0.717) is 6.54 Å². The minimum Gasteiger partial charge on any atom is -0.395 e. The van der Waals surface area contributed by atoms with E-state index in [4.69, 9.17) is 17.3 Å². The van der Waals surface area contributed by atoms with E-state index in [9.17, 15) is 15.0 Å². The molecule has 0 aliphatic rings. The number of hydrogen-bond acceptors (Lipinski definition) is 8. The maximum atomic E-state index is 11.6. The van der Waals surface area contributed by atoms with Crippen molar-refractivity contribution in [2.45, 2.75) is 39.6 Å². The molecule has 0 aliphatic heterocycles. The molecule has 0 saturated carbocycles. The van der Waals surface area contributed by atoms with Crippen molar-refractivity contribution < 1.29 is 15.0 Å². The summed E-state index contributed by atoms with van der Waals surface area (Å²) >= 11 is 5.83. The number of nitrogens with two attached hydrogens (primary N) is 1. The molecule has 0 saturated heterocycles. The summed E-state index contributed by atoms with van der Waals surface area (Å²) in [7, 11) is 0. The lowest BCUT2D eigenvalue weighted by Gasteiger charge is -2.19. The van der Waals surface area contributed by atoms with Gasteiger partial charge < -0.3 is 26.6 Å². The molecule has 1 heterocycles. The highest BCUT2D eigenvalue weighted by molar-refractivity contribution is 6.28. The van der Waals surface area contributed by atoms with Gasteiger partial charge in [0.15, 0.2) is 0 Å². The highest BCUT2D eigenvalue weighted by atomic mass is 35.5.